The molecule has 3 aromatic rings. The molecule has 2 aromatic carbocycles. The molecule has 0 unspecified atom stereocenters. The lowest BCUT2D eigenvalue weighted by atomic mass is 9.99. The smallest absolute Gasteiger partial charge is 0.266 e. The third-order valence-corrected chi connectivity index (χ3v) is 4.08. The molecule has 27 heavy (non-hydrogen) atoms. The SMILES string of the molecule is COc1ccc(-c2cc(C)[nH]c(=O)c2C#N)cc1COc1ccc(F)cc1. The maximum atomic E-state index is 13.0. The van der Waals surface area contributed by atoms with Gasteiger partial charge in [0, 0.05) is 16.8 Å². The predicted molar refractivity (Wildman–Crippen MR) is 99.2 cm³/mol. The highest BCUT2D eigenvalue weighted by molar-refractivity contribution is 5.71. The molecule has 0 aliphatic rings. The molecule has 0 radical (unpaired) electrons. The van der Waals surface area contributed by atoms with Crippen LogP contribution in [0.5, 0.6) is 11.5 Å². The Morgan fingerprint density at radius 2 is 1.89 bits per heavy atom. The lowest BCUT2D eigenvalue weighted by Gasteiger charge is -2.13. The average molecular weight is 364 g/mol. The number of benzene rings is 2. The zero-order valence-electron chi connectivity index (χ0n) is 14.9. The number of halogens is 1. The van der Waals surface area contributed by atoms with Crippen LogP contribution in [-0.2, 0) is 6.61 Å². The minimum Gasteiger partial charge on any atom is -0.496 e. The number of rotatable bonds is 5. The molecule has 5 nitrogen and oxygen atoms in total. The predicted octanol–water partition coefficient (Wildman–Crippen LogP) is 3.95. The van der Waals surface area contributed by atoms with Crippen molar-refractivity contribution in [3.8, 4) is 28.7 Å². The molecule has 136 valence electrons. The zero-order chi connectivity index (χ0) is 19.4. The van der Waals surface area contributed by atoms with Gasteiger partial charge in [0.25, 0.3) is 5.56 Å². The quantitative estimate of drug-likeness (QED) is 0.744. The monoisotopic (exact) mass is 364 g/mol. The molecule has 0 bridgehead atoms. The number of aromatic nitrogens is 1. The van der Waals surface area contributed by atoms with Crippen molar-refractivity contribution in [2.75, 3.05) is 7.11 Å². The maximum absolute atomic E-state index is 13.0. The topological polar surface area (TPSA) is 75.1 Å². The number of aryl methyl sites for hydroxylation is 1. The molecular formula is C21H17FN2O3. The fraction of sp³-hybridized carbons (Fsp3) is 0.143. The minimum atomic E-state index is -0.424. The first kappa shape index (κ1) is 18.2. The van der Waals surface area contributed by atoms with Crippen molar-refractivity contribution in [2.24, 2.45) is 0 Å². The Morgan fingerprint density at radius 3 is 2.56 bits per heavy atom. The second-order valence-electron chi connectivity index (χ2n) is 5.95. The zero-order valence-corrected chi connectivity index (χ0v) is 14.9. The number of aromatic amines is 1. The van der Waals surface area contributed by atoms with Crippen LogP contribution in [-0.4, -0.2) is 12.1 Å². The van der Waals surface area contributed by atoms with Gasteiger partial charge in [0.1, 0.15) is 35.6 Å². The van der Waals surface area contributed by atoms with E-state index in [1.54, 1.807) is 44.4 Å². The Hall–Kier alpha value is -3.59. The fourth-order valence-electron chi connectivity index (χ4n) is 2.78. The Morgan fingerprint density at radius 1 is 1.15 bits per heavy atom. The largest absolute Gasteiger partial charge is 0.496 e. The molecular weight excluding hydrogens is 347 g/mol. The van der Waals surface area contributed by atoms with E-state index in [0.717, 1.165) is 5.56 Å². The van der Waals surface area contributed by atoms with E-state index in [0.29, 0.717) is 28.3 Å². The molecule has 0 aliphatic carbocycles. The molecule has 1 N–H and O–H groups in total. The molecule has 0 aliphatic heterocycles. The van der Waals surface area contributed by atoms with Crippen molar-refractivity contribution in [1.29, 1.82) is 5.26 Å². The molecule has 1 heterocycles. The van der Waals surface area contributed by atoms with Crippen LogP contribution in [0.15, 0.2) is 53.3 Å². The van der Waals surface area contributed by atoms with E-state index in [-0.39, 0.29) is 18.0 Å². The number of nitrogens with one attached hydrogen (secondary N) is 1. The van der Waals surface area contributed by atoms with Crippen molar-refractivity contribution in [3.05, 3.63) is 81.5 Å². The summed E-state index contributed by atoms with van der Waals surface area (Å²) in [5.41, 5.74) is 2.28. The van der Waals surface area contributed by atoms with E-state index < -0.39 is 5.56 Å². The lowest BCUT2D eigenvalue weighted by Crippen LogP contribution is -2.12. The van der Waals surface area contributed by atoms with Crippen LogP contribution in [0.2, 0.25) is 0 Å². The number of pyridine rings is 1. The normalized spacial score (nSPS) is 10.3. The first-order valence-corrected chi connectivity index (χ1v) is 8.21. The number of methoxy groups -OCH3 is 1. The van der Waals surface area contributed by atoms with E-state index in [9.17, 15) is 14.4 Å². The third-order valence-electron chi connectivity index (χ3n) is 4.08. The van der Waals surface area contributed by atoms with Gasteiger partial charge in [0.05, 0.1) is 7.11 Å². The van der Waals surface area contributed by atoms with Crippen LogP contribution in [0.25, 0.3) is 11.1 Å². The van der Waals surface area contributed by atoms with Gasteiger partial charge in [-0.15, -0.1) is 0 Å². The molecule has 0 amide bonds. The van der Waals surface area contributed by atoms with E-state index >= 15 is 0 Å². The second kappa shape index (κ2) is 7.75. The summed E-state index contributed by atoms with van der Waals surface area (Å²) >= 11 is 0. The summed E-state index contributed by atoms with van der Waals surface area (Å²) in [5, 5.41) is 9.35. The highest BCUT2D eigenvalue weighted by atomic mass is 19.1. The summed E-state index contributed by atoms with van der Waals surface area (Å²) in [7, 11) is 1.55. The molecule has 0 fully saturated rings. The molecule has 0 atom stereocenters. The summed E-state index contributed by atoms with van der Waals surface area (Å²) < 4.78 is 24.1. The highest BCUT2D eigenvalue weighted by Crippen LogP contribution is 2.29. The van der Waals surface area contributed by atoms with Gasteiger partial charge in [0.2, 0.25) is 0 Å². The summed E-state index contributed by atoms with van der Waals surface area (Å²) in [6.45, 7) is 1.95. The molecule has 0 saturated heterocycles. The first-order valence-electron chi connectivity index (χ1n) is 8.21. The summed E-state index contributed by atoms with van der Waals surface area (Å²) in [4.78, 5) is 14.7. The van der Waals surface area contributed by atoms with E-state index in [1.807, 2.05) is 12.1 Å². The van der Waals surface area contributed by atoms with Crippen molar-refractivity contribution in [3.63, 3.8) is 0 Å². The molecule has 0 spiro atoms. The fourth-order valence-corrected chi connectivity index (χ4v) is 2.78. The number of nitrogens with zero attached hydrogens (tertiary/aromatic N) is 1. The summed E-state index contributed by atoms with van der Waals surface area (Å²) in [5.74, 6) is 0.796. The van der Waals surface area contributed by atoms with Gasteiger partial charge < -0.3 is 14.5 Å². The lowest BCUT2D eigenvalue weighted by molar-refractivity contribution is 0.296. The van der Waals surface area contributed by atoms with Gasteiger partial charge in [0.15, 0.2) is 0 Å². The van der Waals surface area contributed by atoms with Crippen LogP contribution in [0.4, 0.5) is 4.39 Å². The van der Waals surface area contributed by atoms with E-state index in [2.05, 4.69) is 4.98 Å². The first-order chi connectivity index (χ1) is 13.0. The molecule has 3 rings (SSSR count). The molecule has 1 aromatic heterocycles. The number of hydrogen-bond acceptors (Lipinski definition) is 4. The number of H-pyrrole nitrogens is 1. The van der Waals surface area contributed by atoms with Gasteiger partial charge >= 0.3 is 0 Å². The Labute approximate surface area is 155 Å². The Bertz CT molecular complexity index is 1070. The number of ether oxygens (including phenoxy) is 2. The van der Waals surface area contributed by atoms with Crippen molar-refractivity contribution in [1.82, 2.24) is 4.98 Å². The van der Waals surface area contributed by atoms with Gasteiger partial charge in [-0.25, -0.2) is 4.39 Å². The molecule has 0 saturated carbocycles. The van der Waals surface area contributed by atoms with E-state index in [1.165, 1.54) is 12.1 Å². The second-order valence-corrected chi connectivity index (χ2v) is 5.95. The van der Waals surface area contributed by atoms with Gasteiger partial charge in [-0.2, -0.15) is 5.26 Å². The molecule has 6 heteroatoms. The minimum absolute atomic E-state index is 0.0520. The standard InChI is InChI=1S/C21H17FN2O3/c1-13-9-18(19(11-23)21(25)24-13)14-3-8-20(26-2)15(10-14)12-27-17-6-4-16(22)5-7-17/h3-10H,12H2,1-2H3,(H,24,25). The summed E-state index contributed by atoms with van der Waals surface area (Å²) in [6, 6.07) is 14.8. The Balaban J connectivity index is 1.98. The maximum Gasteiger partial charge on any atom is 0.266 e. The Kier molecular flexibility index (Phi) is 5.23. The van der Waals surface area contributed by atoms with Crippen molar-refractivity contribution >= 4 is 0 Å². The van der Waals surface area contributed by atoms with Gasteiger partial charge in [-0.3, -0.25) is 4.79 Å². The van der Waals surface area contributed by atoms with E-state index in [4.69, 9.17) is 9.47 Å². The van der Waals surface area contributed by atoms with Gasteiger partial charge in [-0.05, 0) is 55.0 Å². The van der Waals surface area contributed by atoms with Crippen LogP contribution in [0.3, 0.4) is 0 Å². The van der Waals surface area contributed by atoms with Crippen LogP contribution >= 0.6 is 0 Å². The third kappa shape index (κ3) is 3.98. The number of nitriles is 1. The van der Waals surface area contributed by atoms with Crippen LogP contribution in [0, 0.1) is 24.1 Å². The number of hydrogen-bond donors (Lipinski definition) is 1. The van der Waals surface area contributed by atoms with Crippen LogP contribution < -0.4 is 15.0 Å². The van der Waals surface area contributed by atoms with Gasteiger partial charge in [-0.1, -0.05) is 6.07 Å². The van der Waals surface area contributed by atoms with Crippen molar-refractivity contribution < 1.29 is 13.9 Å². The average Bonchev–Trinajstić information content (AvgIpc) is 2.66. The summed E-state index contributed by atoms with van der Waals surface area (Å²) in [6.07, 6.45) is 0. The van der Waals surface area contributed by atoms with Crippen molar-refractivity contribution in [2.45, 2.75) is 13.5 Å². The highest BCUT2D eigenvalue weighted by Gasteiger charge is 2.13. The van der Waals surface area contributed by atoms with Crippen LogP contribution in [0.1, 0.15) is 16.8 Å².